The molecule has 2 atom stereocenters. The fourth-order valence-electron chi connectivity index (χ4n) is 4.58. The van der Waals surface area contributed by atoms with E-state index in [1.54, 1.807) is 4.90 Å². The van der Waals surface area contributed by atoms with Gasteiger partial charge in [-0.3, -0.25) is 9.78 Å². The molecular formula is C24H21N7O3. The highest BCUT2D eigenvalue weighted by molar-refractivity contribution is 5.94. The van der Waals surface area contributed by atoms with E-state index in [0.29, 0.717) is 51.8 Å². The Morgan fingerprint density at radius 1 is 1.06 bits per heavy atom. The average Bonchev–Trinajstić information content (AvgIpc) is 3.25. The predicted molar refractivity (Wildman–Crippen MR) is 122 cm³/mol. The molecule has 5 heterocycles. The van der Waals surface area contributed by atoms with Crippen molar-refractivity contribution in [3.05, 3.63) is 66.3 Å². The molecule has 10 heteroatoms. The van der Waals surface area contributed by atoms with E-state index in [1.165, 1.54) is 12.4 Å². The number of likely N-dealkylation sites (tertiary alicyclic amines) is 1. The van der Waals surface area contributed by atoms with E-state index in [2.05, 4.69) is 25.4 Å². The van der Waals surface area contributed by atoms with Crippen LogP contribution in [0.2, 0.25) is 0 Å². The number of hydrogen-bond donors (Lipinski definition) is 2. The number of aliphatic hydroxyl groups is 1. The van der Waals surface area contributed by atoms with Crippen molar-refractivity contribution in [2.24, 2.45) is 5.92 Å². The highest BCUT2D eigenvalue weighted by Gasteiger charge is 2.69. The number of pyridine rings is 2. The van der Waals surface area contributed by atoms with E-state index in [0.717, 1.165) is 13.0 Å². The number of fused-ring (bicyclic) bond motifs is 1. The van der Waals surface area contributed by atoms with Gasteiger partial charge in [0.05, 0.1) is 41.8 Å². The zero-order valence-electron chi connectivity index (χ0n) is 18.3. The normalized spacial score (nSPS) is 20.9. The summed E-state index contributed by atoms with van der Waals surface area (Å²) in [6, 6.07) is 13.0. The summed E-state index contributed by atoms with van der Waals surface area (Å²) >= 11 is 0. The fraction of sp³-hybridized carbons (Fsp3) is 0.250. The number of amides is 1. The number of nitrogens with zero attached hydrogens (tertiary/aromatic N) is 6. The molecule has 2 aliphatic rings. The summed E-state index contributed by atoms with van der Waals surface area (Å²) in [6.45, 7) is 0.598. The average molecular weight is 455 g/mol. The van der Waals surface area contributed by atoms with Crippen molar-refractivity contribution in [1.82, 2.24) is 30.0 Å². The summed E-state index contributed by atoms with van der Waals surface area (Å²) in [4.78, 5) is 32.1. The second-order valence-corrected chi connectivity index (χ2v) is 8.63. The molecule has 1 aliphatic heterocycles. The van der Waals surface area contributed by atoms with Crippen molar-refractivity contribution in [2.75, 3.05) is 18.9 Å². The topological polar surface area (TPSA) is 130 Å². The lowest BCUT2D eigenvalue weighted by atomic mass is 10.0. The van der Waals surface area contributed by atoms with Crippen molar-refractivity contribution in [3.63, 3.8) is 0 Å². The summed E-state index contributed by atoms with van der Waals surface area (Å²) < 4.78 is 5.62. The zero-order chi connectivity index (χ0) is 23.3. The van der Waals surface area contributed by atoms with Crippen molar-refractivity contribution >= 4 is 17.5 Å². The van der Waals surface area contributed by atoms with Crippen molar-refractivity contribution < 1.29 is 14.4 Å². The zero-order valence-corrected chi connectivity index (χ0v) is 18.3. The van der Waals surface area contributed by atoms with Gasteiger partial charge in [0.25, 0.3) is 0 Å². The molecule has 1 aliphatic carbocycles. The smallest absolute Gasteiger partial charge is 0.236 e. The summed E-state index contributed by atoms with van der Waals surface area (Å²) in [5.41, 5.74) is 2.52. The van der Waals surface area contributed by atoms with Gasteiger partial charge in [0, 0.05) is 19.7 Å². The van der Waals surface area contributed by atoms with E-state index < -0.39 is 5.41 Å². The number of hydrogen-bond acceptors (Lipinski definition) is 9. The largest absolute Gasteiger partial charge is 0.390 e. The lowest BCUT2D eigenvalue weighted by Gasteiger charge is -2.13. The quantitative estimate of drug-likeness (QED) is 0.450. The van der Waals surface area contributed by atoms with Gasteiger partial charge in [0.15, 0.2) is 5.76 Å². The molecule has 10 nitrogen and oxygen atoms in total. The Morgan fingerprint density at radius 3 is 2.53 bits per heavy atom. The Morgan fingerprint density at radius 2 is 1.82 bits per heavy atom. The molecule has 1 saturated carbocycles. The fourth-order valence-corrected chi connectivity index (χ4v) is 4.58. The van der Waals surface area contributed by atoms with E-state index in [1.807, 2.05) is 49.5 Å². The van der Waals surface area contributed by atoms with Crippen molar-refractivity contribution in [3.8, 4) is 22.8 Å². The number of carbonyl (C=O) groups is 1. The molecular weight excluding hydrogens is 434 g/mol. The Labute approximate surface area is 194 Å². The minimum absolute atomic E-state index is 0.103. The summed E-state index contributed by atoms with van der Waals surface area (Å²) in [6.07, 6.45) is 3.86. The maximum atomic E-state index is 12.6. The summed E-state index contributed by atoms with van der Waals surface area (Å²) in [7, 11) is 1.82. The summed E-state index contributed by atoms with van der Waals surface area (Å²) in [5.74, 6) is 2.12. The molecule has 4 aromatic rings. The lowest BCUT2D eigenvalue weighted by molar-refractivity contribution is -0.130. The van der Waals surface area contributed by atoms with Gasteiger partial charge >= 0.3 is 0 Å². The molecule has 0 spiro atoms. The van der Waals surface area contributed by atoms with Crippen molar-refractivity contribution in [2.45, 2.75) is 18.4 Å². The highest BCUT2D eigenvalue weighted by Crippen LogP contribution is 2.59. The number of nitrogens with one attached hydrogen (secondary N) is 1. The molecule has 4 aromatic heterocycles. The van der Waals surface area contributed by atoms with Crippen LogP contribution >= 0.6 is 0 Å². The van der Waals surface area contributed by atoms with Gasteiger partial charge in [0.1, 0.15) is 22.7 Å². The van der Waals surface area contributed by atoms with Gasteiger partial charge in [-0.2, -0.15) is 0 Å². The third-order valence-electron chi connectivity index (χ3n) is 6.42. The number of carbonyl (C=O) groups excluding carboxylic acids is 1. The molecule has 2 fully saturated rings. The van der Waals surface area contributed by atoms with E-state index in [-0.39, 0.29) is 12.5 Å². The first-order valence-electron chi connectivity index (χ1n) is 10.9. The minimum Gasteiger partial charge on any atom is -0.390 e. The van der Waals surface area contributed by atoms with Gasteiger partial charge < -0.3 is 19.8 Å². The first-order valence-corrected chi connectivity index (χ1v) is 10.9. The SMILES string of the molecule is CN1CC2C[C@]2(c2cc(-c3cccc(-c4cccc(Nc5cnc(CO)cn5)n4)n3)no2)C1=O. The van der Waals surface area contributed by atoms with Gasteiger partial charge in [-0.15, -0.1) is 0 Å². The van der Waals surface area contributed by atoms with Crippen molar-refractivity contribution in [1.29, 1.82) is 0 Å². The summed E-state index contributed by atoms with van der Waals surface area (Å²) in [5, 5.41) is 16.4. The van der Waals surface area contributed by atoms with E-state index >= 15 is 0 Å². The molecule has 1 unspecified atom stereocenters. The van der Waals surface area contributed by atoms with Crippen LogP contribution in [0.1, 0.15) is 17.9 Å². The van der Waals surface area contributed by atoms with E-state index in [9.17, 15) is 4.79 Å². The Hall–Kier alpha value is -4.18. The number of rotatable bonds is 6. The second-order valence-electron chi connectivity index (χ2n) is 8.63. The highest BCUT2D eigenvalue weighted by atomic mass is 16.5. The molecule has 6 rings (SSSR count). The Balaban J connectivity index is 1.25. The molecule has 34 heavy (non-hydrogen) atoms. The van der Waals surface area contributed by atoms with Crippen LogP contribution in [0.5, 0.6) is 0 Å². The molecule has 170 valence electrons. The van der Waals surface area contributed by atoms with Crippen LogP contribution in [-0.2, 0) is 16.8 Å². The van der Waals surface area contributed by atoms with Crippen LogP contribution in [0.15, 0.2) is 59.4 Å². The third kappa shape index (κ3) is 3.30. The van der Waals surface area contributed by atoms with Crippen LogP contribution < -0.4 is 5.32 Å². The number of aromatic nitrogens is 5. The second kappa shape index (κ2) is 7.70. The number of anilines is 2. The van der Waals surface area contributed by atoms with E-state index in [4.69, 9.17) is 14.6 Å². The molecule has 1 amide bonds. The lowest BCUT2D eigenvalue weighted by Crippen LogP contribution is -2.29. The third-order valence-corrected chi connectivity index (χ3v) is 6.42. The van der Waals surface area contributed by atoms with Gasteiger partial charge in [0.2, 0.25) is 5.91 Å². The molecule has 0 aromatic carbocycles. The number of piperidine rings is 1. The maximum absolute atomic E-state index is 12.6. The monoisotopic (exact) mass is 455 g/mol. The standard InChI is InChI=1S/C24H21N7O3/c1-31-12-14-9-24(14,23(31)33)20-8-19(30-34-20)18-5-2-4-16(27-18)17-6-3-7-21(28-17)29-22-11-25-15(13-32)10-26-22/h2-8,10-11,14,32H,9,12-13H2,1H3,(H,26,28,29)/t14?,24-/m0/s1. The van der Waals surface area contributed by atoms with Gasteiger partial charge in [-0.1, -0.05) is 17.3 Å². The molecule has 2 N–H and O–H groups in total. The number of aliphatic hydroxyl groups excluding tert-OH is 1. The maximum Gasteiger partial charge on any atom is 0.236 e. The van der Waals surface area contributed by atoms with Crippen LogP contribution in [-0.4, -0.2) is 54.6 Å². The van der Waals surface area contributed by atoms with Crippen LogP contribution in [0.4, 0.5) is 11.6 Å². The Bertz CT molecular complexity index is 1390. The number of likely N-dealkylation sites (N-methyl/N-ethyl adjacent to an activating group) is 1. The van der Waals surface area contributed by atoms with Crippen LogP contribution in [0.25, 0.3) is 22.8 Å². The predicted octanol–water partition coefficient (Wildman–Crippen LogP) is 2.55. The molecule has 0 radical (unpaired) electrons. The first-order chi connectivity index (χ1) is 16.6. The van der Waals surface area contributed by atoms with Gasteiger partial charge in [-0.05, 0) is 36.6 Å². The van der Waals surface area contributed by atoms with Crippen LogP contribution in [0, 0.1) is 5.92 Å². The van der Waals surface area contributed by atoms with Gasteiger partial charge in [-0.25, -0.2) is 15.0 Å². The first kappa shape index (κ1) is 20.4. The Kier molecular flexibility index (Phi) is 4.63. The molecule has 1 saturated heterocycles. The minimum atomic E-state index is -0.544. The molecule has 0 bridgehead atoms. The van der Waals surface area contributed by atoms with Crippen LogP contribution in [0.3, 0.4) is 0 Å².